The standard InChI is InChI=1S/C15H22N4OS2/c1-8(2)14(16)15-19-11(7-21-15)5-12(20)17-6-13-18-9(3)10(4)22-13/h7-8,14H,5-6,16H2,1-4H3,(H,17,20). The lowest BCUT2D eigenvalue weighted by atomic mass is 10.1. The summed E-state index contributed by atoms with van der Waals surface area (Å²) in [5.41, 5.74) is 7.88. The summed E-state index contributed by atoms with van der Waals surface area (Å²) >= 11 is 3.14. The highest BCUT2D eigenvalue weighted by molar-refractivity contribution is 7.11. The van der Waals surface area contributed by atoms with Crippen molar-refractivity contribution in [2.45, 2.75) is 46.7 Å². The minimum absolute atomic E-state index is 0.0412. The summed E-state index contributed by atoms with van der Waals surface area (Å²) in [6.45, 7) is 8.62. The summed E-state index contributed by atoms with van der Waals surface area (Å²) in [4.78, 5) is 22.1. The molecule has 1 unspecified atom stereocenters. The van der Waals surface area contributed by atoms with Gasteiger partial charge in [0.25, 0.3) is 0 Å². The van der Waals surface area contributed by atoms with Gasteiger partial charge in [-0.1, -0.05) is 13.8 Å². The maximum atomic E-state index is 12.0. The summed E-state index contributed by atoms with van der Waals surface area (Å²) in [6, 6.07) is -0.0666. The second-order valence-electron chi connectivity index (χ2n) is 5.65. The van der Waals surface area contributed by atoms with E-state index in [1.54, 1.807) is 11.3 Å². The van der Waals surface area contributed by atoms with Gasteiger partial charge >= 0.3 is 0 Å². The van der Waals surface area contributed by atoms with E-state index in [9.17, 15) is 4.79 Å². The highest BCUT2D eigenvalue weighted by Crippen LogP contribution is 2.22. The van der Waals surface area contributed by atoms with Gasteiger partial charge in [-0.05, 0) is 19.8 Å². The monoisotopic (exact) mass is 338 g/mol. The Labute approximate surface area is 139 Å². The van der Waals surface area contributed by atoms with Crippen LogP contribution in [-0.2, 0) is 17.8 Å². The number of carbonyl (C=O) groups excluding carboxylic acids is 1. The number of rotatable bonds is 6. The molecular formula is C15H22N4OS2. The van der Waals surface area contributed by atoms with E-state index >= 15 is 0 Å². The Balaban J connectivity index is 1.87. The summed E-state index contributed by atoms with van der Waals surface area (Å²) in [5, 5.41) is 6.63. The first-order valence-electron chi connectivity index (χ1n) is 7.26. The van der Waals surface area contributed by atoms with Crippen LogP contribution in [0.3, 0.4) is 0 Å². The molecule has 0 aromatic carbocycles. The lowest BCUT2D eigenvalue weighted by Gasteiger charge is -2.11. The van der Waals surface area contributed by atoms with Crippen LogP contribution in [0.2, 0.25) is 0 Å². The third-order valence-corrected chi connectivity index (χ3v) is 5.49. The van der Waals surface area contributed by atoms with Crippen LogP contribution in [0.5, 0.6) is 0 Å². The Hall–Kier alpha value is -1.31. The summed E-state index contributed by atoms with van der Waals surface area (Å²) in [7, 11) is 0. The smallest absolute Gasteiger partial charge is 0.226 e. The molecule has 0 aliphatic rings. The molecule has 0 saturated heterocycles. The molecule has 5 nitrogen and oxygen atoms in total. The van der Waals surface area contributed by atoms with Crippen molar-refractivity contribution in [3.05, 3.63) is 31.7 Å². The lowest BCUT2D eigenvalue weighted by molar-refractivity contribution is -0.120. The fourth-order valence-corrected chi connectivity index (χ4v) is 3.72. The number of amides is 1. The van der Waals surface area contributed by atoms with Gasteiger partial charge in [0.2, 0.25) is 5.91 Å². The van der Waals surface area contributed by atoms with E-state index in [0.717, 1.165) is 21.4 Å². The second kappa shape index (κ2) is 7.30. The van der Waals surface area contributed by atoms with Crippen molar-refractivity contribution in [2.24, 2.45) is 11.7 Å². The zero-order chi connectivity index (χ0) is 16.3. The predicted octanol–water partition coefficient (Wildman–Crippen LogP) is 2.73. The molecule has 22 heavy (non-hydrogen) atoms. The van der Waals surface area contributed by atoms with Crippen molar-refractivity contribution in [1.82, 2.24) is 15.3 Å². The van der Waals surface area contributed by atoms with Gasteiger partial charge in [-0.25, -0.2) is 9.97 Å². The highest BCUT2D eigenvalue weighted by atomic mass is 32.1. The van der Waals surface area contributed by atoms with E-state index in [2.05, 4.69) is 29.1 Å². The van der Waals surface area contributed by atoms with Crippen molar-refractivity contribution in [3.63, 3.8) is 0 Å². The Morgan fingerprint density at radius 3 is 2.68 bits per heavy atom. The predicted molar refractivity (Wildman–Crippen MR) is 91.0 cm³/mol. The Bertz CT molecular complexity index is 628. The van der Waals surface area contributed by atoms with Crippen LogP contribution in [0.4, 0.5) is 0 Å². The van der Waals surface area contributed by atoms with E-state index < -0.39 is 0 Å². The first-order chi connectivity index (χ1) is 10.4. The van der Waals surface area contributed by atoms with Crippen LogP contribution in [0.25, 0.3) is 0 Å². The van der Waals surface area contributed by atoms with Crippen LogP contribution in [0.15, 0.2) is 5.38 Å². The maximum Gasteiger partial charge on any atom is 0.226 e. The number of thiazole rings is 2. The molecule has 120 valence electrons. The van der Waals surface area contributed by atoms with Gasteiger partial charge < -0.3 is 11.1 Å². The number of aryl methyl sites for hydroxylation is 2. The van der Waals surface area contributed by atoms with Crippen molar-refractivity contribution in [3.8, 4) is 0 Å². The minimum atomic E-state index is -0.0666. The number of hydrogen-bond donors (Lipinski definition) is 2. The number of nitrogens with one attached hydrogen (secondary N) is 1. The molecule has 1 atom stereocenters. The fourth-order valence-electron chi connectivity index (χ4n) is 1.86. The molecule has 0 saturated carbocycles. The Kier molecular flexibility index (Phi) is 5.66. The van der Waals surface area contributed by atoms with E-state index in [-0.39, 0.29) is 18.4 Å². The van der Waals surface area contributed by atoms with Crippen molar-refractivity contribution < 1.29 is 4.79 Å². The average Bonchev–Trinajstić information content (AvgIpc) is 3.03. The molecular weight excluding hydrogens is 316 g/mol. The third kappa shape index (κ3) is 4.34. The number of carbonyl (C=O) groups is 1. The minimum Gasteiger partial charge on any atom is -0.349 e. The zero-order valence-corrected chi connectivity index (χ0v) is 15.0. The highest BCUT2D eigenvalue weighted by Gasteiger charge is 2.16. The van der Waals surface area contributed by atoms with Crippen molar-refractivity contribution in [2.75, 3.05) is 0 Å². The molecule has 0 aliphatic heterocycles. The zero-order valence-electron chi connectivity index (χ0n) is 13.3. The SMILES string of the molecule is Cc1nc(CNC(=O)Cc2csc(C(N)C(C)C)n2)sc1C. The number of aromatic nitrogens is 2. The molecule has 7 heteroatoms. The summed E-state index contributed by atoms with van der Waals surface area (Å²) < 4.78 is 0. The molecule has 0 radical (unpaired) electrons. The number of hydrogen-bond acceptors (Lipinski definition) is 6. The molecule has 0 aliphatic carbocycles. The number of nitrogens with zero attached hydrogens (tertiary/aromatic N) is 2. The molecule has 0 fully saturated rings. The van der Waals surface area contributed by atoms with Gasteiger partial charge in [-0.3, -0.25) is 4.79 Å². The Morgan fingerprint density at radius 1 is 1.36 bits per heavy atom. The largest absolute Gasteiger partial charge is 0.349 e. The fraction of sp³-hybridized carbons (Fsp3) is 0.533. The second-order valence-corrected chi connectivity index (χ2v) is 7.83. The number of nitrogens with two attached hydrogens (primary N) is 1. The van der Waals surface area contributed by atoms with Crippen LogP contribution < -0.4 is 11.1 Å². The van der Waals surface area contributed by atoms with Crippen molar-refractivity contribution >= 4 is 28.6 Å². The van der Waals surface area contributed by atoms with Gasteiger partial charge in [0.15, 0.2) is 0 Å². The molecule has 2 heterocycles. The van der Waals surface area contributed by atoms with Crippen LogP contribution in [0, 0.1) is 19.8 Å². The van der Waals surface area contributed by atoms with Gasteiger partial charge in [-0.2, -0.15) is 0 Å². The van der Waals surface area contributed by atoms with Gasteiger partial charge in [0.1, 0.15) is 10.0 Å². The molecule has 0 bridgehead atoms. The summed E-state index contributed by atoms with van der Waals surface area (Å²) in [6.07, 6.45) is 0.282. The van der Waals surface area contributed by atoms with Crippen LogP contribution >= 0.6 is 22.7 Å². The van der Waals surface area contributed by atoms with Crippen LogP contribution in [0.1, 0.15) is 46.2 Å². The first kappa shape index (κ1) is 17.1. The molecule has 2 rings (SSSR count). The molecule has 2 aromatic rings. The van der Waals surface area contributed by atoms with E-state index in [1.165, 1.54) is 16.2 Å². The van der Waals surface area contributed by atoms with Crippen LogP contribution in [-0.4, -0.2) is 15.9 Å². The van der Waals surface area contributed by atoms with E-state index in [1.807, 2.05) is 19.2 Å². The van der Waals surface area contributed by atoms with E-state index in [0.29, 0.717) is 12.5 Å². The maximum absolute atomic E-state index is 12.0. The molecule has 2 aromatic heterocycles. The third-order valence-electron chi connectivity index (χ3n) is 3.42. The van der Waals surface area contributed by atoms with Gasteiger partial charge in [0.05, 0.1) is 30.4 Å². The van der Waals surface area contributed by atoms with Gasteiger partial charge in [0, 0.05) is 10.3 Å². The lowest BCUT2D eigenvalue weighted by Crippen LogP contribution is -2.24. The quantitative estimate of drug-likeness (QED) is 0.848. The Morgan fingerprint density at radius 2 is 2.09 bits per heavy atom. The van der Waals surface area contributed by atoms with E-state index in [4.69, 9.17) is 5.73 Å². The molecule has 3 N–H and O–H groups in total. The van der Waals surface area contributed by atoms with Crippen molar-refractivity contribution in [1.29, 1.82) is 0 Å². The molecule has 1 amide bonds. The summed E-state index contributed by atoms with van der Waals surface area (Å²) in [5.74, 6) is 0.296. The average molecular weight is 339 g/mol. The first-order valence-corrected chi connectivity index (χ1v) is 8.96. The normalized spacial score (nSPS) is 12.6. The van der Waals surface area contributed by atoms with Gasteiger partial charge in [-0.15, -0.1) is 22.7 Å². The topological polar surface area (TPSA) is 80.9 Å². The molecule has 0 spiro atoms.